The number of hydrogen-bond donors (Lipinski definition) is 2. The molecule has 1 amide bonds. The van der Waals surface area contributed by atoms with E-state index in [0.29, 0.717) is 17.7 Å². The van der Waals surface area contributed by atoms with Crippen molar-refractivity contribution in [3.8, 4) is 0 Å². The van der Waals surface area contributed by atoms with Crippen molar-refractivity contribution in [2.45, 2.75) is 64.6 Å². The quantitative estimate of drug-likeness (QED) is 0.500. The number of esters is 1. The molecule has 0 saturated heterocycles. The Morgan fingerprint density at radius 2 is 1.88 bits per heavy atom. The Kier molecular flexibility index (Phi) is 7.22. The van der Waals surface area contributed by atoms with E-state index >= 15 is 0 Å². The summed E-state index contributed by atoms with van der Waals surface area (Å²) in [5, 5.41) is 11.7. The SMILES string of the molecule is CCOC(=O)C(NC(=O)c1cnc2c(cnn2CC)c1NC1CCCCC1)c1ccccc1. The van der Waals surface area contributed by atoms with Crippen LogP contribution in [0.4, 0.5) is 5.69 Å². The largest absolute Gasteiger partial charge is 0.464 e. The Labute approximate surface area is 193 Å². The van der Waals surface area contributed by atoms with Crippen molar-refractivity contribution in [1.29, 1.82) is 0 Å². The van der Waals surface area contributed by atoms with Crippen molar-refractivity contribution in [3.05, 3.63) is 53.9 Å². The Morgan fingerprint density at radius 3 is 2.58 bits per heavy atom. The van der Waals surface area contributed by atoms with E-state index in [0.717, 1.165) is 29.6 Å². The van der Waals surface area contributed by atoms with Gasteiger partial charge in [-0.1, -0.05) is 49.6 Å². The molecule has 1 fully saturated rings. The minimum atomic E-state index is -0.907. The molecule has 2 heterocycles. The number of rotatable bonds is 8. The third-order valence-corrected chi connectivity index (χ3v) is 6.09. The summed E-state index contributed by atoms with van der Waals surface area (Å²) in [5.41, 5.74) is 2.52. The average Bonchev–Trinajstić information content (AvgIpc) is 3.27. The zero-order valence-corrected chi connectivity index (χ0v) is 19.2. The molecule has 174 valence electrons. The number of carbonyl (C=O) groups excluding carboxylic acids is 2. The lowest BCUT2D eigenvalue weighted by Crippen LogP contribution is -2.35. The highest BCUT2D eigenvalue weighted by atomic mass is 16.5. The molecule has 1 atom stereocenters. The van der Waals surface area contributed by atoms with E-state index in [4.69, 9.17) is 4.74 Å². The van der Waals surface area contributed by atoms with Gasteiger partial charge in [0, 0.05) is 18.8 Å². The van der Waals surface area contributed by atoms with E-state index in [-0.39, 0.29) is 18.6 Å². The normalized spacial score (nSPS) is 15.2. The zero-order valence-electron chi connectivity index (χ0n) is 19.2. The predicted octanol–water partition coefficient (Wildman–Crippen LogP) is 4.23. The van der Waals surface area contributed by atoms with Gasteiger partial charge in [-0.05, 0) is 32.3 Å². The highest BCUT2D eigenvalue weighted by Gasteiger charge is 2.27. The van der Waals surface area contributed by atoms with Gasteiger partial charge < -0.3 is 15.4 Å². The monoisotopic (exact) mass is 449 g/mol. The fraction of sp³-hybridized carbons (Fsp3) is 0.440. The first-order valence-corrected chi connectivity index (χ1v) is 11.8. The van der Waals surface area contributed by atoms with Gasteiger partial charge in [0.05, 0.1) is 29.4 Å². The van der Waals surface area contributed by atoms with Gasteiger partial charge in [-0.3, -0.25) is 4.79 Å². The fourth-order valence-corrected chi connectivity index (χ4v) is 4.40. The molecule has 8 heteroatoms. The first kappa shape index (κ1) is 22.8. The fourth-order valence-electron chi connectivity index (χ4n) is 4.40. The number of carbonyl (C=O) groups is 2. The lowest BCUT2D eigenvalue weighted by atomic mass is 9.95. The molecule has 1 aliphatic rings. The molecular weight excluding hydrogens is 418 g/mol. The van der Waals surface area contributed by atoms with Gasteiger partial charge in [-0.25, -0.2) is 14.5 Å². The van der Waals surface area contributed by atoms with Crippen molar-refractivity contribution in [2.75, 3.05) is 11.9 Å². The van der Waals surface area contributed by atoms with Crippen LogP contribution in [0.15, 0.2) is 42.7 Å². The number of anilines is 1. The maximum absolute atomic E-state index is 13.5. The molecule has 8 nitrogen and oxygen atoms in total. The van der Waals surface area contributed by atoms with Crippen LogP contribution >= 0.6 is 0 Å². The van der Waals surface area contributed by atoms with Gasteiger partial charge in [0.15, 0.2) is 11.7 Å². The minimum absolute atomic E-state index is 0.232. The summed E-state index contributed by atoms with van der Waals surface area (Å²) in [6, 6.07) is 8.51. The van der Waals surface area contributed by atoms with E-state index in [2.05, 4.69) is 20.7 Å². The first-order valence-electron chi connectivity index (χ1n) is 11.8. The standard InChI is InChI=1S/C25H31N5O3/c1-3-30-23-19(16-27-30)22(28-18-13-9-6-10-14-18)20(15-26-23)24(31)29-21(25(32)33-4-2)17-11-7-5-8-12-17/h5,7-8,11-12,15-16,18,21H,3-4,6,9-10,13-14H2,1-2H3,(H,26,28)(H,29,31). The predicted molar refractivity (Wildman–Crippen MR) is 127 cm³/mol. The lowest BCUT2D eigenvalue weighted by Gasteiger charge is -2.26. The molecule has 3 aromatic rings. The molecule has 0 radical (unpaired) electrons. The molecule has 0 bridgehead atoms. The van der Waals surface area contributed by atoms with Crippen LogP contribution in [-0.4, -0.2) is 39.3 Å². The Morgan fingerprint density at radius 1 is 1.12 bits per heavy atom. The maximum atomic E-state index is 13.5. The molecule has 33 heavy (non-hydrogen) atoms. The summed E-state index contributed by atoms with van der Waals surface area (Å²) < 4.78 is 7.05. The van der Waals surface area contributed by atoms with Gasteiger partial charge in [0.2, 0.25) is 0 Å². The van der Waals surface area contributed by atoms with Crippen LogP contribution in [0.1, 0.15) is 67.9 Å². The number of nitrogens with zero attached hydrogens (tertiary/aromatic N) is 3. The van der Waals surface area contributed by atoms with Crippen LogP contribution in [-0.2, 0) is 16.1 Å². The number of hydrogen-bond acceptors (Lipinski definition) is 6. The average molecular weight is 450 g/mol. The molecule has 2 N–H and O–H groups in total. The van der Waals surface area contributed by atoms with Gasteiger partial charge in [-0.15, -0.1) is 0 Å². The second kappa shape index (κ2) is 10.5. The molecule has 0 spiro atoms. The Balaban J connectivity index is 1.69. The number of benzene rings is 1. The molecule has 4 rings (SSSR count). The number of fused-ring (bicyclic) bond motifs is 1. The highest BCUT2D eigenvalue weighted by Crippen LogP contribution is 2.30. The Hall–Kier alpha value is -3.42. The number of amides is 1. The van der Waals surface area contributed by atoms with Crippen molar-refractivity contribution >= 4 is 28.6 Å². The van der Waals surface area contributed by atoms with Gasteiger partial charge in [0.1, 0.15) is 0 Å². The summed E-state index contributed by atoms with van der Waals surface area (Å²) in [5.74, 6) is -0.874. The summed E-state index contributed by atoms with van der Waals surface area (Å²) in [4.78, 5) is 30.7. The smallest absolute Gasteiger partial charge is 0.333 e. The van der Waals surface area contributed by atoms with Gasteiger partial charge >= 0.3 is 5.97 Å². The van der Waals surface area contributed by atoms with E-state index in [1.54, 1.807) is 31.5 Å². The third kappa shape index (κ3) is 4.99. The Bertz CT molecular complexity index is 1110. The van der Waals surface area contributed by atoms with Crippen LogP contribution < -0.4 is 10.6 Å². The second-order valence-corrected chi connectivity index (χ2v) is 8.29. The van der Waals surface area contributed by atoms with Crippen LogP contribution in [0, 0.1) is 0 Å². The summed E-state index contributed by atoms with van der Waals surface area (Å²) >= 11 is 0. The highest BCUT2D eigenvalue weighted by molar-refractivity contribution is 6.07. The molecule has 1 aliphatic carbocycles. The van der Waals surface area contributed by atoms with Gasteiger partial charge in [0.25, 0.3) is 5.91 Å². The minimum Gasteiger partial charge on any atom is -0.464 e. The number of nitrogens with one attached hydrogen (secondary N) is 2. The number of ether oxygens (including phenoxy) is 1. The summed E-state index contributed by atoms with van der Waals surface area (Å²) in [7, 11) is 0. The second-order valence-electron chi connectivity index (χ2n) is 8.29. The van der Waals surface area contributed by atoms with Crippen molar-refractivity contribution < 1.29 is 14.3 Å². The van der Waals surface area contributed by atoms with Crippen molar-refractivity contribution in [3.63, 3.8) is 0 Å². The summed E-state index contributed by atoms with van der Waals surface area (Å²) in [6.07, 6.45) is 9.02. The van der Waals surface area contributed by atoms with Gasteiger partial charge in [-0.2, -0.15) is 5.10 Å². The maximum Gasteiger partial charge on any atom is 0.333 e. The number of aromatic nitrogens is 3. The van der Waals surface area contributed by atoms with E-state index in [9.17, 15) is 9.59 Å². The lowest BCUT2D eigenvalue weighted by molar-refractivity contribution is -0.145. The van der Waals surface area contributed by atoms with E-state index in [1.807, 2.05) is 29.8 Å². The molecule has 1 saturated carbocycles. The van der Waals surface area contributed by atoms with E-state index < -0.39 is 12.0 Å². The zero-order chi connectivity index (χ0) is 23.2. The third-order valence-electron chi connectivity index (χ3n) is 6.09. The summed E-state index contributed by atoms with van der Waals surface area (Å²) in [6.45, 7) is 4.67. The van der Waals surface area contributed by atoms with Crippen molar-refractivity contribution in [1.82, 2.24) is 20.1 Å². The number of aryl methyl sites for hydroxylation is 1. The molecule has 0 aliphatic heterocycles. The number of pyridine rings is 1. The van der Waals surface area contributed by atoms with Crippen molar-refractivity contribution in [2.24, 2.45) is 0 Å². The topological polar surface area (TPSA) is 98.1 Å². The molecule has 1 aromatic carbocycles. The van der Waals surface area contributed by atoms with E-state index in [1.165, 1.54) is 19.3 Å². The van der Waals surface area contributed by atoms with Crippen LogP contribution in [0.3, 0.4) is 0 Å². The molecule has 1 unspecified atom stereocenters. The first-order chi connectivity index (χ1) is 16.1. The van der Waals surface area contributed by atoms with Crippen LogP contribution in [0.5, 0.6) is 0 Å². The molecular formula is C25H31N5O3. The van der Waals surface area contributed by atoms with Crippen LogP contribution in [0.25, 0.3) is 11.0 Å². The molecule has 2 aromatic heterocycles. The van der Waals surface area contributed by atoms with Crippen LogP contribution in [0.2, 0.25) is 0 Å².